The fraction of sp³-hybridized carbons (Fsp3) is 0.182. The van der Waals surface area contributed by atoms with Crippen molar-refractivity contribution < 1.29 is 14.3 Å². The maximum Gasteiger partial charge on any atom is 0.226 e. The zero-order chi connectivity index (χ0) is 11.6. The quantitative estimate of drug-likeness (QED) is 0.485. The number of ketones is 1. The molecular formula is C11H13O3P. The summed E-state index contributed by atoms with van der Waals surface area (Å²) >= 11 is 0. The molecule has 1 aromatic carbocycles. The van der Waals surface area contributed by atoms with E-state index in [0.29, 0.717) is 16.4 Å². The third-order valence-corrected chi connectivity index (χ3v) is 3.25. The average Bonchev–Trinajstić information content (AvgIpc) is 2.15. The molecule has 1 rings (SSSR count). The molecule has 4 heteroatoms. The molecule has 0 saturated carbocycles. The van der Waals surface area contributed by atoms with E-state index >= 15 is 0 Å². The molecular weight excluding hydrogens is 211 g/mol. The summed E-state index contributed by atoms with van der Waals surface area (Å²) in [5.74, 6) is -0.148. The van der Waals surface area contributed by atoms with Gasteiger partial charge in [-0.1, -0.05) is 18.7 Å². The minimum absolute atomic E-state index is 0.148. The van der Waals surface area contributed by atoms with Crippen molar-refractivity contribution in [2.24, 2.45) is 0 Å². The van der Waals surface area contributed by atoms with Crippen molar-refractivity contribution in [3.8, 4) is 0 Å². The Kier molecular flexibility index (Phi) is 3.28. The zero-order valence-corrected chi connectivity index (χ0v) is 9.62. The number of benzene rings is 1. The molecule has 0 aliphatic heterocycles. The van der Waals surface area contributed by atoms with E-state index in [1.807, 2.05) is 0 Å². The SMILES string of the molecule is C=C(C)C(=O)c1ccc(P(C)(=O)O)cc1. The van der Waals surface area contributed by atoms with Gasteiger partial charge in [-0.25, -0.2) is 0 Å². The van der Waals surface area contributed by atoms with Gasteiger partial charge in [-0.3, -0.25) is 9.36 Å². The van der Waals surface area contributed by atoms with Crippen LogP contribution in [0.5, 0.6) is 0 Å². The molecule has 0 amide bonds. The lowest BCUT2D eigenvalue weighted by Gasteiger charge is -2.06. The van der Waals surface area contributed by atoms with Crippen LogP contribution in [0.15, 0.2) is 36.4 Å². The number of hydrogen-bond donors (Lipinski definition) is 1. The van der Waals surface area contributed by atoms with Crippen molar-refractivity contribution in [2.45, 2.75) is 6.92 Å². The summed E-state index contributed by atoms with van der Waals surface area (Å²) in [6, 6.07) is 6.07. The summed E-state index contributed by atoms with van der Waals surface area (Å²) in [6.07, 6.45) is 0. The standard InChI is InChI=1S/C11H13O3P/c1-8(2)11(12)9-4-6-10(7-5-9)15(3,13)14/h4-7H,1H2,2-3H3,(H,13,14). The number of Topliss-reactive ketones (excluding diaryl/α,β-unsaturated/α-hetero) is 1. The van der Waals surface area contributed by atoms with E-state index < -0.39 is 7.37 Å². The highest BCUT2D eigenvalue weighted by molar-refractivity contribution is 7.65. The van der Waals surface area contributed by atoms with Gasteiger partial charge < -0.3 is 4.89 Å². The minimum Gasteiger partial charge on any atom is -0.341 e. The average molecular weight is 224 g/mol. The fourth-order valence-electron chi connectivity index (χ4n) is 1.14. The molecule has 1 atom stereocenters. The molecule has 0 aliphatic carbocycles. The van der Waals surface area contributed by atoms with Gasteiger partial charge in [-0.05, 0) is 24.6 Å². The largest absolute Gasteiger partial charge is 0.341 e. The molecule has 3 nitrogen and oxygen atoms in total. The van der Waals surface area contributed by atoms with E-state index in [2.05, 4.69) is 6.58 Å². The zero-order valence-electron chi connectivity index (χ0n) is 8.73. The van der Waals surface area contributed by atoms with Crippen LogP contribution in [0.3, 0.4) is 0 Å². The molecule has 0 aliphatic rings. The first-order chi connectivity index (χ1) is 6.82. The molecule has 0 heterocycles. The van der Waals surface area contributed by atoms with Crippen molar-refractivity contribution in [1.29, 1.82) is 0 Å². The first kappa shape index (κ1) is 11.9. The van der Waals surface area contributed by atoms with Gasteiger partial charge in [0.05, 0.1) is 0 Å². The predicted octanol–water partition coefficient (Wildman–Crippen LogP) is 1.97. The first-order valence-corrected chi connectivity index (χ1v) is 6.54. The van der Waals surface area contributed by atoms with E-state index in [-0.39, 0.29) is 5.78 Å². The van der Waals surface area contributed by atoms with Gasteiger partial charge in [-0.2, -0.15) is 0 Å². The Morgan fingerprint density at radius 2 is 1.80 bits per heavy atom. The number of hydrogen-bond acceptors (Lipinski definition) is 2. The molecule has 80 valence electrons. The van der Waals surface area contributed by atoms with Crippen molar-refractivity contribution in [3.05, 3.63) is 42.0 Å². The van der Waals surface area contributed by atoms with E-state index in [9.17, 15) is 14.3 Å². The highest BCUT2D eigenvalue weighted by Gasteiger charge is 2.14. The van der Waals surface area contributed by atoms with E-state index in [1.54, 1.807) is 19.1 Å². The van der Waals surface area contributed by atoms with E-state index in [4.69, 9.17) is 0 Å². The van der Waals surface area contributed by atoms with Gasteiger partial charge in [0.1, 0.15) is 0 Å². The second kappa shape index (κ2) is 4.13. The topological polar surface area (TPSA) is 54.4 Å². The van der Waals surface area contributed by atoms with Crippen molar-refractivity contribution in [3.63, 3.8) is 0 Å². The van der Waals surface area contributed by atoms with Gasteiger partial charge in [0.25, 0.3) is 0 Å². The Balaban J connectivity index is 3.06. The first-order valence-electron chi connectivity index (χ1n) is 4.43. The lowest BCUT2D eigenvalue weighted by molar-refractivity contribution is 0.103. The Morgan fingerprint density at radius 3 is 2.13 bits per heavy atom. The molecule has 0 aromatic heterocycles. The molecule has 1 aromatic rings. The van der Waals surface area contributed by atoms with Crippen molar-refractivity contribution in [2.75, 3.05) is 6.66 Å². The summed E-state index contributed by atoms with van der Waals surface area (Å²) in [5, 5.41) is 0.348. The molecule has 0 bridgehead atoms. The minimum atomic E-state index is -3.23. The van der Waals surface area contributed by atoms with Crippen LogP contribution in [-0.2, 0) is 4.57 Å². The highest BCUT2D eigenvalue weighted by atomic mass is 31.2. The van der Waals surface area contributed by atoms with Crippen LogP contribution in [0.1, 0.15) is 17.3 Å². The third kappa shape index (κ3) is 2.88. The Bertz CT molecular complexity index is 439. The number of allylic oxidation sites excluding steroid dienone is 1. The third-order valence-electron chi connectivity index (χ3n) is 2.00. The molecule has 1 N–H and O–H groups in total. The van der Waals surface area contributed by atoms with Crippen LogP contribution in [0.25, 0.3) is 0 Å². The summed E-state index contributed by atoms with van der Waals surface area (Å²) in [5.41, 5.74) is 0.936. The van der Waals surface area contributed by atoms with Gasteiger partial charge in [0.15, 0.2) is 5.78 Å². The maximum absolute atomic E-state index is 11.5. The normalized spacial score (nSPS) is 14.3. The fourth-order valence-corrected chi connectivity index (χ4v) is 1.84. The van der Waals surface area contributed by atoms with Crippen LogP contribution >= 0.6 is 7.37 Å². The van der Waals surface area contributed by atoms with E-state index in [0.717, 1.165) is 0 Å². The van der Waals surface area contributed by atoms with Crippen LogP contribution in [0.4, 0.5) is 0 Å². The molecule has 0 spiro atoms. The predicted molar refractivity (Wildman–Crippen MR) is 61.0 cm³/mol. The highest BCUT2D eigenvalue weighted by Crippen LogP contribution is 2.33. The van der Waals surface area contributed by atoms with Gasteiger partial charge in [0, 0.05) is 17.5 Å². The van der Waals surface area contributed by atoms with Crippen LogP contribution in [-0.4, -0.2) is 17.3 Å². The van der Waals surface area contributed by atoms with Crippen LogP contribution in [0, 0.1) is 0 Å². The second-order valence-corrected chi connectivity index (χ2v) is 5.81. The lowest BCUT2D eigenvalue weighted by Crippen LogP contribution is -2.06. The van der Waals surface area contributed by atoms with Crippen LogP contribution < -0.4 is 5.30 Å². The molecule has 15 heavy (non-hydrogen) atoms. The molecule has 1 unspecified atom stereocenters. The molecule has 0 fully saturated rings. The van der Waals surface area contributed by atoms with Gasteiger partial charge >= 0.3 is 0 Å². The van der Waals surface area contributed by atoms with Crippen molar-refractivity contribution >= 4 is 18.5 Å². The Labute approximate surface area is 88.9 Å². The summed E-state index contributed by atoms with van der Waals surface area (Å²) in [4.78, 5) is 20.8. The van der Waals surface area contributed by atoms with Gasteiger partial charge in [0.2, 0.25) is 7.37 Å². The maximum atomic E-state index is 11.5. The van der Waals surface area contributed by atoms with Crippen molar-refractivity contribution in [1.82, 2.24) is 0 Å². The van der Waals surface area contributed by atoms with E-state index in [1.165, 1.54) is 18.8 Å². The Hall–Kier alpha value is -1.18. The molecule has 0 radical (unpaired) electrons. The lowest BCUT2D eigenvalue weighted by atomic mass is 10.1. The van der Waals surface area contributed by atoms with Crippen LogP contribution in [0.2, 0.25) is 0 Å². The summed E-state index contributed by atoms with van der Waals surface area (Å²) < 4.78 is 11.3. The summed E-state index contributed by atoms with van der Waals surface area (Å²) in [7, 11) is -3.23. The number of rotatable bonds is 3. The summed E-state index contributed by atoms with van der Waals surface area (Å²) in [6.45, 7) is 6.45. The monoisotopic (exact) mass is 224 g/mol. The Morgan fingerprint density at radius 1 is 1.33 bits per heavy atom. The smallest absolute Gasteiger partial charge is 0.226 e. The molecule has 0 saturated heterocycles. The number of carbonyl (C=O) groups excluding carboxylic acids is 1. The second-order valence-electron chi connectivity index (χ2n) is 3.54. The number of carbonyl (C=O) groups is 1. The van der Waals surface area contributed by atoms with Gasteiger partial charge in [-0.15, -0.1) is 0 Å².